The Kier molecular flexibility index (Phi) is 7.69. The van der Waals surface area contributed by atoms with Gasteiger partial charge in [0.2, 0.25) is 5.95 Å². The minimum Gasteiger partial charge on any atom is -0.463 e. The largest absolute Gasteiger partial charge is 0.463 e. The van der Waals surface area contributed by atoms with E-state index in [1.165, 1.54) is 0 Å². The third-order valence-corrected chi connectivity index (χ3v) is 2.49. The van der Waals surface area contributed by atoms with Gasteiger partial charge < -0.3 is 14.8 Å². The third-order valence-electron chi connectivity index (χ3n) is 2.49. The molecule has 0 unspecified atom stereocenters. The summed E-state index contributed by atoms with van der Waals surface area (Å²) in [4.78, 5) is 12.6. The maximum atomic E-state index is 5.58. The molecule has 1 heterocycles. The van der Waals surface area contributed by atoms with Crippen molar-refractivity contribution in [3.63, 3.8) is 0 Å². The molecule has 1 aromatic heterocycles. The zero-order valence-electron chi connectivity index (χ0n) is 13.0. The average molecular weight is 282 g/mol. The van der Waals surface area contributed by atoms with Crippen LogP contribution in [0.1, 0.15) is 47.0 Å². The number of hydrogen-bond donors (Lipinski definition) is 1. The normalized spacial score (nSPS) is 10.7. The highest BCUT2D eigenvalue weighted by Gasteiger charge is 2.08. The van der Waals surface area contributed by atoms with Gasteiger partial charge in [-0.2, -0.15) is 9.97 Å². The topological polar surface area (TPSA) is 69.2 Å². The predicted molar refractivity (Wildman–Crippen MR) is 79.3 cm³/mol. The number of aromatic nitrogens is 3. The number of ether oxygens (including phenoxy) is 2. The lowest BCUT2D eigenvalue weighted by Gasteiger charge is -2.10. The minimum absolute atomic E-state index is 0.319. The average Bonchev–Trinajstić information content (AvgIpc) is 2.42. The summed E-state index contributed by atoms with van der Waals surface area (Å²) >= 11 is 0. The Bertz CT molecular complexity index is 359. The predicted octanol–water partition coefficient (Wildman–Crippen LogP) is 2.91. The Labute approximate surface area is 121 Å². The van der Waals surface area contributed by atoms with Crippen LogP contribution >= 0.6 is 0 Å². The fraction of sp³-hybridized carbons (Fsp3) is 0.786. The second-order valence-electron chi connectivity index (χ2n) is 5.03. The molecule has 0 aromatic carbocycles. The molecule has 0 fully saturated rings. The summed E-state index contributed by atoms with van der Waals surface area (Å²) in [5.41, 5.74) is 0. The smallest absolute Gasteiger partial charge is 0.324 e. The van der Waals surface area contributed by atoms with Gasteiger partial charge in [0.15, 0.2) is 0 Å². The molecule has 0 saturated heterocycles. The van der Waals surface area contributed by atoms with E-state index in [1.807, 2.05) is 6.92 Å². The summed E-state index contributed by atoms with van der Waals surface area (Å²) in [6.45, 7) is 10.4. The SMILES string of the molecule is CCCNc1nc(OCCC)nc(OCCC(C)C)n1. The van der Waals surface area contributed by atoms with Gasteiger partial charge in [0.25, 0.3) is 0 Å². The molecule has 0 atom stereocenters. The van der Waals surface area contributed by atoms with Crippen molar-refractivity contribution in [3.05, 3.63) is 0 Å². The van der Waals surface area contributed by atoms with Crippen LogP contribution < -0.4 is 14.8 Å². The van der Waals surface area contributed by atoms with Crippen molar-refractivity contribution < 1.29 is 9.47 Å². The van der Waals surface area contributed by atoms with Gasteiger partial charge in [-0.1, -0.05) is 27.7 Å². The molecular formula is C14H26N4O2. The highest BCUT2D eigenvalue weighted by atomic mass is 16.5. The van der Waals surface area contributed by atoms with Crippen LogP contribution in [-0.4, -0.2) is 34.7 Å². The molecule has 1 rings (SSSR count). The van der Waals surface area contributed by atoms with Crippen LogP contribution in [0.5, 0.6) is 12.0 Å². The van der Waals surface area contributed by atoms with Crippen LogP contribution in [0, 0.1) is 5.92 Å². The van der Waals surface area contributed by atoms with E-state index in [-0.39, 0.29) is 0 Å². The molecule has 0 amide bonds. The second-order valence-corrected chi connectivity index (χ2v) is 5.03. The summed E-state index contributed by atoms with van der Waals surface area (Å²) < 4.78 is 11.0. The Hall–Kier alpha value is -1.59. The van der Waals surface area contributed by atoms with E-state index >= 15 is 0 Å². The molecule has 6 nitrogen and oxygen atoms in total. The fourth-order valence-corrected chi connectivity index (χ4v) is 1.36. The molecule has 114 valence electrons. The third kappa shape index (κ3) is 6.54. The molecule has 0 bridgehead atoms. The fourth-order valence-electron chi connectivity index (χ4n) is 1.36. The van der Waals surface area contributed by atoms with Crippen molar-refractivity contribution in [2.45, 2.75) is 47.0 Å². The van der Waals surface area contributed by atoms with Gasteiger partial charge in [-0.25, -0.2) is 0 Å². The minimum atomic E-state index is 0.319. The molecule has 1 N–H and O–H groups in total. The first-order valence-corrected chi connectivity index (χ1v) is 7.41. The Morgan fingerprint density at radius 1 is 0.950 bits per heavy atom. The first-order chi connectivity index (χ1) is 9.65. The van der Waals surface area contributed by atoms with Crippen LogP contribution in [0.2, 0.25) is 0 Å². The zero-order valence-corrected chi connectivity index (χ0v) is 13.0. The van der Waals surface area contributed by atoms with Crippen molar-refractivity contribution in [1.82, 2.24) is 15.0 Å². The maximum absolute atomic E-state index is 5.58. The van der Waals surface area contributed by atoms with Gasteiger partial charge in [0, 0.05) is 6.54 Å². The van der Waals surface area contributed by atoms with E-state index in [2.05, 4.69) is 41.0 Å². The summed E-state index contributed by atoms with van der Waals surface area (Å²) in [6, 6.07) is 0.644. The molecule has 0 aliphatic heterocycles. The van der Waals surface area contributed by atoms with E-state index in [4.69, 9.17) is 9.47 Å². The van der Waals surface area contributed by atoms with Gasteiger partial charge in [0.1, 0.15) is 0 Å². The van der Waals surface area contributed by atoms with Crippen molar-refractivity contribution >= 4 is 5.95 Å². The molecule has 0 radical (unpaired) electrons. The summed E-state index contributed by atoms with van der Waals surface area (Å²) in [5.74, 6) is 1.10. The lowest BCUT2D eigenvalue weighted by atomic mass is 10.1. The highest BCUT2D eigenvalue weighted by molar-refractivity contribution is 5.27. The van der Waals surface area contributed by atoms with Gasteiger partial charge in [-0.3, -0.25) is 0 Å². The summed E-state index contributed by atoms with van der Waals surface area (Å²) in [5, 5.41) is 3.13. The molecule has 0 aliphatic carbocycles. The number of rotatable bonds is 10. The van der Waals surface area contributed by atoms with Gasteiger partial charge >= 0.3 is 12.0 Å². The number of hydrogen-bond acceptors (Lipinski definition) is 6. The van der Waals surface area contributed by atoms with Crippen LogP contribution in [0.15, 0.2) is 0 Å². The molecular weight excluding hydrogens is 256 g/mol. The summed E-state index contributed by atoms with van der Waals surface area (Å²) in [7, 11) is 0. The standard InChI is InChI=1S/C14H26N4O2/c1-5-8-15-12-16-13(19-9-6-2)18-14(17-12)20-10-7-11(3)4/h11H,5-10H2,1-4H3,(H,15,16,17,18). The lowest BCUT2D eigenvalue weighted by molar-refractivity contribution is 0.250. The Balaban J connectivity index is 2.68. The Morgan fingerprint density at radius 3 is 2.15 bits per heavy atom. The van der Waals surface area contributed by atoms with E-state index in [0.717, 1.165) is 25.8 Å². The first kappa shape index (κ1) is 16.5. The maximum Gasteiger partial charge on any atom is 0.324 e. The highest BCUT2D eigenvalue weighted by Crippen LogP contribution is 2.14. The van der Waals surface area contributed by atoms with E-state index in [0.29, 0.717) is 37.1 Å². The molecule has 1 aromatic rings. The van der Waals surface area contributed by atoms with E-state index in [9.17, 15) is 0 Å². The van der Waals surface area contributed by atoms with Gasteiger partial charge in [-0.15, -0.1) is 4.98 Å². The van der Waals surface area contributed by atoms with Crippen LogP contribution in [-0.2, 0) is 0 Å². The number of nitrogens with one attached hydrogen (secondary N) is 1. The van der Waals surface area contributed by atoms with Crippen molar-refractivity contribution in [2.24, 2.45) is 5.92 Å². The monoisotopic (exact) mass is 282 g/mol. The van der Waals surface area contributed by atoms with Crippen LogP contribution in [0.3, 0.4) is 0 Å². The quantitative estimate of drug-likeness (QED) is 0.711. The van der Waals surface area contributed by atoms with Crippen LogP contribution in [0.25, 0.3) is 0 Å². The first-order valence-electron chi connectivity index (χ1n) is 7.41. The number of nitrogens with zero attached hydrogens (tertiary/aromatic N) is 3. The van der Waals surface area contributed by atoms with E-state index < -0.39 is 0 Å². The van der Waals surface area contributed by atoms with Crippen molar-refractivity contribution in [3.8, 4) is 12.0 Å². The molecule has 0 spiro atoms. The molecule has 0 aliphatic rings. The Morgan fingerprint density at radius 2 is 1.60 bits per heavy atom. The molecule has 0 saturated carbocycles. The van der Waals surface area contributed by atoms with Crippen molar-refractivity contribution in [2.75, 3.05) is 25.1 Å². The van der Waals surface area contributed by atoms with E-state index in [1.54, 1.807) is 0 Å². The van der Waals surface area contributed by atoms with Crippen molar-refractivity contribution in [1.29, 1.82) is 0 Å². The zero-order chi connectivity index (χ0) is 14.8. The molecule has 20 heavy (non-hydrogen) atoms. The van der Waals surface area contributed by atoms with Gasteiger partial charge in [-0.05, 0) is 25.2 Å². The van der Waals surface area contributed by atoms with Gasteiger partial charge in [0.05, 0.1) is 13.2 Å². The lowest BCUT2D eigenvalue weighted by Crippen LogP contribution is -2.11. The number of anilines is 1. The second kappa shape index (κ2) is 9.34. The molecule has 6 heteroatoms. The van der Waals surface area contributed by atoms with Crippen LogP contribution in [0.4, 0.5) is 5.95 Å². The summed E-state index contributed by atoms with van der Waals surface area (Å²) in [6.07, 6.45) is 2.88.